The van der Waals surface area contributed by atoms with Crippen LogP contribution in [0.15, 0.2) is 36.4 Å². The molecule has 0 fully saturated rings. The summed E-state index contributed by atoms with van der Waals surface area (Å²) < 4.78 is 11.3. The first-order valence-electron chi connectivity index (χ1n) is 8.64. The topological polar surface area (TPSA) is 50.8 Å². The Morgan fingerprint density at radius 1 is 1.12 bits per heavy atom. The molecular weight excluding hydrogens is 352 g/mol. The number of hydrogen-bond acceptors (Lipinski definition) is 4. The number of benzene rings is 2. The summed E-state index contributed by atoms with van der Waals surface area (Å²) in [6.45, 7) is 1.66. The van der Waals surface area contributed by atoms with E-state index in [-0.39, 0.29) is 12.3 Å². The molecule has 0 saturated heterocycles. The Morgan fingerprint density at radius 3 is 2.58 bits per heavy atom. The molecule has 6 heteroatoms. The zero-order valence-electron chi connectivity index (χ0n) is 15.0. The molecule has 2 aromatic rings. The van der Waals surface area contributed by atoms with Gasteiger partial charge in [0.25, 0.3) is 0 Å². The number of ether oxygens (including phenoxy) is 2. The molecule has 1 aliphatic rings. The maximum absolute atomic E-state index is 12.3. The Kier molecular flexibility index (Phi) is 5.89. The lowest BCUT2D eigenvalue weighted by atomic mass is 10.1. The van der Waals surface area contributed by atoms with Crippen molar-refractivity contribution in [1.29, 1.82) is 0 Å². The number of amides is 1. The monoisotopic (exact) mass is 374 g/mol. The van der Waals surface area contributed by atoms with E-state index in [1.54, 1.807) is 6.07 Å². The van der Waals surface area contributed by atoms with E-state index >= 15 is 0 Å². The Bertz CT molecular complexity index is 775. The molecule has 0 saturated carbocycles. The van der Waals surface area contributed by atoms with E-state index in [9.17, 15) is 4.79 Å². The standard InChI is InChI=1S/C20H23ClN2O3/c1-23(2)16-6-4-14(5-7-16)13-22-19(24)12-15-10-17(21)20-18(11-15)25-8-3-9-26-20/h4-7,10-11H,3,8-9,12-13H2,1-2H3,(H,22,24). The zero-order chi connectivity index (χ0) is 18.5. The van der Waals surface area contributed by atoms with Crippen molar-refractivity contribution in [3.63, 3.8) is 0 Å². The normalized spacial score (nSPS) is 13.0. The van der Waals surface area contributed by atoms with Gasteiger partial charge in [-0.3, -0.25) is 4.79 Å². The first kappa shape index (κ1) is 18.4. The van der Waals surface area contributed by atoms with Crippen molar-refractivity contribution in [3.8, 4) is 11.5 Å². The van der Waals surface area contributed by atoms with Crippen LogP contribution in [0, 0.1) is 0 Å². The lowest BCUT2D eigenvalue weighted by Gasteiger charge is -2.13. The van der Waals surface area contributed by atoms with Crippen molar-refractivity contribution < 1.29 is 14.3 Å². The second kappa shape index (κ2) is 8.32. The summed E-state index contributed by atoms with van der Waals surface area (Å²) in [7, 11) is 3.99. The third-order valence-electron chi connectivity index (χ3n) is 4.17. The van der Waals surface area contributed by atoms with Gasteiger partial charge >= 0.3 is 0 Å². The van der Waals surface area contributed by atoms with Crippen LogP contribution < -0.4 is 19.7 Å². The minimum Gasteiger partial charge on any atom is -0.489 e. The van der Waals surface area contributed by atoms with Gasteiger partial charge in [0.2, 0.25) is 5.91 Å². The van der Waals surface area contributed by atoms with Crippen LogP contribution in [0.5, 0.6) is 11.5 Å². The van der Waals surface area contributed by atoms with Crippen molar-refractivity contribution in [2.24, 2.45) is 0 Å². The van der Waals surface area contributed by atoms with E-state index in [2.05, 4.69) is 5.32 Å². The van der Waals surface area contributed by atoms with Crippen LogP contribution >= 0.6 is 11.6 Å². The Hall–Kier alpha value is -2.40. The molecule has 0 radical (unpaired) electrons. The highest BCUT2D eigenvalue weighted by Crippen LogP contribution is 2.38. The SMILES string of the molecule is CN(C)c1ccc(CNC(=O)Cc2cc(Cl)c3c(c2)OCCCO3)cc1. The molecule has 1 amide bonds. The van der Waals surface area contributed by atoms with Crippen molar-refractivity contribution >= 4 is 23.2 Å². The summed E-state index contributed by atoms with van der Waals surface area (Å²) in [5.41, 5.74) is 2.99. The van der Waals surface area contributed by atoms with Crippen LogP contribution in [-0.2, 0) is 17.8 Å². The molecule has 0 spiro atoms. The predicted octanol–water partition coefficient (Wildman–Crippen LogP) is 3.43. The third kappa shape index (κ3) is 4.61. The Morgan fingerprint density at radius 2 is 1.85 bits per heavy atom. The van der Waals surface area contributed by atoms with Gasteiger partial charge in [0.1, 0.15) is 0 Å². The quantitative estimate of drug-likeness (QED) is 0.871. The van der Waals surface area contributed by atoms with Gasteiger partial charge in [-0.1, -0.05) is 23.7 Å². The minimum atomic E-state index is -0.0627. The van der Waals surface area contributed by atoms with Crippen LogP contribution in [0.3, 0.4) is 0 Å². The molecule has 138 valence electrons. The number of carbonyl (C=O) groups excluding carboxylic acids is 1. The first-order chi connectivity index (χ1) is 12.5. The molecule has 3 rings (SSSR count). The molecule has 0 atom stereocenters. The fourth-order valence-corrected chi connectivity index (χ4v) is 3.03. The zero-order valence-corrected chi connectivity index (χ0v) is 15.8. The van der Waals surface area contributed by atoms with E-state index in [0.717, 1.165) is 23.2 Å². The van der Waals surface area contributed by atoms with Gasteiger partial charge in [0.05, 0.1) is 24.7 Å². The smallest absolute Gasteiger partial charge is 0.224 e. The second-order valence-electron chi connectivity index (χ2n) is 6.47. The molecule has 1 N–H and O–H groups in total. The maximum Gasteiger partial charge on any atom is 0.224 e. The summed E-state index contributed by atoms with van der Waals surface area (Å²) in [5.74, 6) is 1.11. The van der Waals surface area contributed by atoms with Crippen LogP contribution in [0.25, 0.3) is 0 Å². The molecule has 26 heavy (non-hydrogen) atoms. The van der Waals surface area contributed by atoms with Crippen molar-refractivity contribution in [2.45, 2.75) is 19.4 Å². The van der Waals surface area contributed by atoms with E-state index in [1.807, 2.05) is 49.3 Å². The van der Waals surface area contributed by atoms with Crippen LogP contribution in [-0.4, -0.2) is 33.2 Å². The third-order valence-corrected chi connectivity index (χ3v) is 4.45. The highest BCUT2D eigenvalue weighted by Gasteiger charge is 2.16. The summed E-state index contributed by atoms with van der Waals surface area (Å²) >= 11 is 6.28. The number of rotatable bonds is 5. The maximum atomic E-state index is 12.3. The van der Waals surface area contributed by atoms with Gasteiger partial charge in [-0.2, -0.15) is 0 Å². The summed E-state index contributed by atoms with van der Waals surface area (Å²) in [6.07, 6.45) is 1.06. The fourth-order valence-electron chi connectivity index (χ4n) is 2.75. The van der Waals surface area contributed by atoms with Crippen molar-refractivity contribution in [1.82, 2.24) is 5.32 Å². The molecular formula is C20H23ClN2O3. The highest BCUT2D eigenvalue weighted by atomic mass is 35.5. The van der Waals surface area contributed by atoms with Crippen LogP contribution in [0.1, 0.15) is 17.5 Å². The first-order valence-corrected chi connectivity index (χ1v) is 9.01. The molecule has 0 aromatic heterocycles. The van der Waals surface area contributed by atoms with Crippen molar-refractivity contribution in [2.75, 3.05) is 32.2 Å². The lowest BCUT2D eigenvalue weighted by molar-refractivity contribution is -0.120. The lowest BCUT2D eigenvalue weighted by Crippen LogP contribution is -2.24. The Balaban J connectivity index is 1.59. The summed E-state index contributed by atoms with van der Waals surface area (Å²) in [6, 6.07) is 11.7. The van der Waals surface area contributed by atoms with E-state index in [4.69, 9.17) is 21.1 Å². The highest BCUT2D eigenvalue weighted by molar-refractivity contribution is 6.32. The minimum absolute atomic E-state index is 0.0627. The number of halogens is 1. The molecule has 1 aliphatic heterocycles. The van der Waals surface area contributed by atoms with E-state index < -0.39 is 0 Å². The number of nitrogens with one attached hydrogen (secondary N) is 1. The van der Waals surface area contributed by atoms with Gasteiger partial charge < -0.3 is 19.7 Å². The van der Waals surface area contributed by atoms with E-state index in [0.29, 0.717) is 36.3 Å². The number of anilines is 1. The number of carbonyl (C=O) groups is 1. The van der Waals surface area contributed by atoms with Crippen molar-refractivity contribution in [3.05, 3.63) is 52.5 Å². The Labute approximate surface area is 158 Å². The van der Waals surface area contributed by atoms with Gasteiger partial charge in [0.15, 0.2) is 11.5 Å². The van der Waals surface area contributed by atoms with Gasteiger partial charge in [-0.25, -0.2) is 0 Å². The number of nitrogens with zero attached hydrogens (tertiary/aromatic N) is 1. The molecule has 1 heterocycles. The second-order valence-corrected chi connectivity index (χ2v) is 6.88. The predicted molar refractivity (Wildman–Crippen MR) is 103 cm³/mol. The van der Waals surface area contributed by atoms with Crippen LogP contribution in [0.4, 0.5) is 5.69 Å². The number of hydrogen-bond donors (Lipinski definition) is 1. The van der Waals surface area contributed by atoms with E-state index in [1.165, 1.54) is 0 Å². The average Bonchev–Trinajstić information content (AvgIpc) is 2.86. The largest absolute Gasteiger partial charge is 0.489 e. The van der Waals surface area contributed by atoms with Crippen LogP contribution in [0.2, 0.25) is 5.02 Å². The summed E-state index contributed by atoms with van der Waals surface area (Å²) in [4.78, 5) is 14.3. The van der Waals surface area contributed by atoms with Gasteiger partial charge in [0, 0.05) is 32.7 Å². The molecule has 2 aromatic carbocycles. The van der Waals surface area contributed by atoms with Gasteiger partial charge in [-0.05, 0) is 35.4 Å². The molecule has 0 unspecified atom stereocenters. The molecule has 0 aliphatic carbocycles. The number of fused-ring (bicyclic) bond motifs is 1. The average molecular weight is 375 g/mol. The molecule has 5 nitrogen and oxygen atoms in total. The van der Waals surface area contributed by atoms with Gasteiger partial charge in [-0.15, -0.1) is 0 Å². The summed E-state index contributed by atoms with van der Waals surface area (Å²) in [5, 5.41) is 3.42. The fraction of sp³-hybridized carbons (Fsp3) is 0.350. The molecule has 0 bridgehead atoms.